The lowest BCUT2D eigenvalue weighted by Gasteiger charge is -2.21. The molecule has 0 aliphatic carbocycles. The molecule has 0 aromatic carbocycles. The maximum absolute atomic E-state index is 12.5. The van der Waals surface area contributed by atoms with Crippen molar-refractivity contribution in [2.24, 2.45) is 5.41 Å². The van der Waals surface area contributed by atoms with Crippen molar-refractivity contribution in [3.8, 4) is 0 Å². The number of hydrogen-bond donors (Lipinski definition) is 0. The number of likely N-dealkylation sites (tertiary alicyclic amines) is 1. The fourth-order valence-electron chi connectivity index (χ4n) is 3.21. The second kappa shape index (κ2) is 4.67. The molecule has 1 aromatic rings. The van der Waals surface area contributed by atoms with E-state index in [1.165, 1.54) is 0 Å². The highest BCUT2D eigenvalue weighted by molar-refractivity contribution is 5.92. The van der Waals surface area contributed by atoms with Crippen LogP contribution in [0.1, 0.15) is 41.6 Å². The molecule has 0 N–H and O–H groups in total. The summed E-state index contributed by atoms with van der Waals surface area (Å²) in [6, 6.07) is 1.87. The Morgan fingerprint density at radius 2 is 2.32 bits per heavy atom. The molecule has 2 aliphatic heterocycles. The Hall–Kier alpha value is -1.29. The summed E-state index contributed by atoms with van der Waals surface area (Å²) in [5.41, 5.74) is 1.29. The second-order valence-electron chi connectivity index (χ2n) is 5.85. The van der Waals surface area contributed by atoms with Gasteiger partial charge in [0.25, 0.3) is 5.91 Å². The minimum absolute atomic E-state index is 0.0339. The van der Waals surface area contributed by atoms with E-state index in [4.69, 9.17) is 9.15 Å². The van der Waals surface area contributed by atoms with Crippen LogP contribution in [0.2, 0.25) is 0 Å². The van der Waals surface area contributed by atoms with Gasteiger partial charge in [-0.25, -0.2) is 0 Å². The molecule has 4 nitrogen and oxygen atoms in total. The number of furan rings is 1. The van der Waals surface area contributed by atoms with Gasteiger partial charge in [-0.3, -0.25) is 4.79 Å². The van der Waals surface area contributed by atoms with Crippen molar-refractivity contribution in [2.75, 3.05) is 26.3 Å². The maximum Gasteiger partial charge on any atom is 0.289 e. The van der Waals surface area contributed by atoms with Gasteiger partial charge in [0, 0.05) is 31.5 Å². The molecule has 1 unspecified atom stereocenters. The van der Waals surface area contributed by atoms with Crippen LogP contribution in [-0.4, -0.2) is 37.1 Å². The molecular weight excluding hydrogens is 242 g/mol. The number of aryl methyl sites for hydroxylation is 2. The van der Waals surface area contributed by atoms with Crippen LogP contribution in [0.3, 0.4) is 0 Å². The minimum atomic E-state index is 0.0339. The van der Waals surface area contributed by atoms with Crippen LogP contribution in [0.5, 0.6) is 0 Å². The van der Waals surface area contributed by atoms with Gasteiger partial charge in [-0.15, -0.1) is 0 Å². The number of nitrogens with zero attached hydrogens (tertiary/aromatic N) is 1. The van der Waals surface area contributed by atoms with E-state index in [1.54, 1.807) is 0 Å². The van der Waals surface area contributed by atoms with Gasteiger partial charge in [-0.05, 0) is 31.4 Å². The summed E-state index contributed by atoms with van der Waals surface area (Å²) in [6.07, 6.45) is 2.96. The second-order valence-corrected chi connectivity index (χ2v) is 5.85. The van der Waals surface area contributed by atoms with Crippen LogP contribution in [0.4, 0.5) is 0 Å². The Morgan fingerprint density at radius 3 is 2.95 bits per heavy atom. The standard InChI is InChI=1S/C15H21NO3/c1-3-12-11(2)8-13(19-12)14(17)16-6-4-15(9-16)5-7-18-10-15/h8H,3-7,9-10H2,1-2H3. The lowest BCUT2D eigenvalue weighted by molar-refractivity contribution is 0.0732. The van der Waals surface area contributed by atoms with Crippen molar-refractivity contribution in [1.29, 1.82) is 0 Å². The smallest absolute Gasteiger partial charge is 0.289 e. The molecule has 0 radical (unpaired) electrons. The van der Waals surface area contributed by atoms with Crippen molar-refractivity contribution >= 4 is 5.91 Å². The van der Waals surface area contributed by atoms with Gasteiger partial charge in [-0.1, -0.05) is 6.92 Å². The van der Waals surface area contributed by atoms with Crippen molar-refractivity contribution in [1.82, 2.24) is 4.90 Å². The van der Waals surface area contributed by atoms with E-state index in [9.17, 15) is 4.79 Å². The number of ether oxygens (including phenoxy) is 1. The largest absolute Gasteiger partial charge is 0.456 e. The highest BCUT2D eigenvalue weighted by Crippen LogP contribution is 2.38. The Balaban J connectivity index is 1.74. The quantitative estimate of drug-likeness (QED) is 0.823. The van der Waals surface area contributed by atoms with E-state index >= 15 is 0 Å². The molecule has 1 atom stereocenters. The Bertz CT molecular complexity index is 486. The highest BCUT2D eigenvalue weighted by atomic mass is 16.5. The summed E-state index contributed by atoms with van der Waals surface area (Å²) in [4.78, 5) is 14.4. The zero-order chi connectivity index (χ0) is 13.5. The molecule has 4 heteroatoms. The fourth-order valence-corrected chi connectivity index (χ4v) is 3.21. The summed E-state index contributed by atoms with van der Waals surface area (Å²) in [5.74, 6) is 1.44. The summed E-state index contributed by atoms with van der Waals surface area (Å²) < 4.78 is 11.2. The lowest BCUT2D eigenvalue weighted by Crippen LogP contribution is -2.32. The Morgan fingerprint density at radius 1 is 1.47 bits per heavy atom. The molecule has 1 aromatic heterocycles. The number of amides is 1. The molecule has 104 valence electrons. The number of carbonyl (C=O) groups is 1. The first-order chi connectivity index (χ1) is 9.13. The third kappa shape index (κ3) is 2.18. The summed E-state index contributed by atoms with van der Waals surface area (Å²) in [6.45, 7) is 7.31. The molecule has 3 heterocycles. The van der Waals surface area contributed by atoms with Gasteiger partial charge in [0.15, 0.2) is 5.76 Å². The van der Waals surface area contributed by atoms with Gasteiger partial charge in [-0.2, -0.15) is 0 Å². The Labute approximate surface area is 113 Å². The maximum atomic E-state index is 12.5. The summed E-state index contributed by atoms with van der Waals surface area (Å²) in [5, 5.41) is 0. The van der Waals surface area contributed by atoms with Gasteiger partial charge < -0.3 is 14.1 Å². The molecule has 1 amide bonds. The molecule has 0 bridgehead atoms. The molecule has 2 aliphatic rings. The first-order valence-corrected chi connectivity index (χ1v) is 7.10. The highest BCUT2D eigenvalue weighted by Gasteiger charge is 2.43. The van der Waals surface area contributed by atoms with Crippen LogP contribution in [0.25, 0.3) is 0 Å². The van der Waals surface area contributed by atoms with E-state index in [1.807, 2.05) is 24.8 Å². The van der Waals surface area contributed by atoms with Gasteiger partial charge in [0.1, 0.15) is 5.76 Å². The normalized spacial score (nSPS) is 26.5. The average Bonchev–Trinajstić information content (AvgIpc) is 3.11. The zero-order valence-electron chi connectivity index (χ0n) is 11.7. The van der Waals surface area contributed by atoms with E-state index in [0.29, 0.717) is 5.76 Å². The SMILES string of the molecule is CCc1oc(C(=O)N2CCC3(CCOC3)C2)cc1C. The zero-order valence-corrected chi connectivity index (χ0v) is 11.7. The Kier molecular flexibility index (Phi) is 3.13. The van der Waals surface area contributed by atoms with E-state index in [0.717, 1.165) is 56.9 Å². The van der Waals surface area contributed by atoms with E-state index in [2.05, 4.69) is 0 Å². The van der Waals surface area contributed by atoms with Crippen molar-refractivity contribution in [2.45, 2.75) is 33.1 Å². The number of carbonyl (C=O) groups excluding carboxylic acids is 1. The third-order valence-electron chi connectivity index (χ3n) is 4.46. The summed E-state index contributed by atoms with van der Waals surface area (Å²) >= 11 is 0. The van der Waals surface area contributed by atoms with Crippen molar-refractivity contribution in [3.63, 3.8) is 0 Å². The lowest BCUT2D eigenvalue weighted by atomic mass is 9.87. The van der Waals surface area contributed by atoms with Crippen LogP contribution in [0, 0.1) is 12.3 Å². The van der Waals surface area contributed by atoms with Crippen LogP contribution < -0.4 is 0 Å². The van der Waals surface area contributed by atoms with Crippen molar-refractivity contribution < 1.29 is 13.9 Å². The minimum Gasteiger partial charge on any atom is -0.456 e. The molecule has 19 heavy (non-hydrogen) atoms. The average molecular weight is 263 g/mol. The van der Waals surface area contributed by atoms with Gasteiger partial charge >= 0.3 is 0 Å². The van der Waals surface area contributed by atoms with Crippen LogP contribution in [-0.2, 0) is 11.2 Å². The van der Waals surface area contributed by atoms with Crippen LogP contribution in [0.15, 0.2) is 10.5 Å². The van der Waals surface area contributed by atoms with Gasteiger partial charge in [0.05, 0.1) is 6.61 Å². The predicted molar refractivity (Wildman–Crippen MR) is 71.2 cm³/mol. The molecule has 2 saturated heterocycles. The summed E-state index contributed by atoms with van der Waals surface area (Å²) in [7, 11) is 0. The number of hydrogen-bond acceptors (Lipinski definition) is 3. The molecular formula is C15H21NO3. The van der Waals surface area contributed by atoms with Crippen molar-refractivity contribution in [3.05, 3.63) is 23.2 Å². The predicted octanol–water partition coefficient (Wildman–Crippen LogP) is 2.40. The molecule has 2 fully saturated rings. The molecule has 0 saturated carbocycles. The third-order valence-corrected chi connectivity index (χ3v) is 4.46. The first-order valence-electron chi connectivity index (χ1n) is 7.10. The number of rotatable bonds is 2. The topological polar surface area (TPSA) is 42.7 Å². The molecule has 1 spiro atoms. The van der Waals surface area contributed by atoms with E-state index in [-0.39, 0.29) is 11.3 Å². The van der Waals surface area contributed by atoms with E-state index < -0.39 is 0 Å². The first kappa shape index (κ1) is 12.7. The molecule has 3 rings (SSSR count). The monoisotopic (exact) mass is 263 g/mol. The van der Waals surface area contributed by atoms with Gasteiger partial charge in [0.2, 0.25) is 0 Å². The fraction of sp³-hybridized carbons (Fsp3) is 0.667. The van der Waals surface area contributed by atoms with Crippen LogP contribution >= 0.6 is 0 Å².